The van der Waals surface area contributed by atoms with Gasteiger partial charge in [-0.25, -0.2) is 4.98 Å². The summed E-state index contributed by atoms with van der Waals surface area (Å²) in [5.41, 5.74) is 5.68. The van der Waals surface area contributed by atoms with Crippen LogP contribution in [-0.2, 0) is 29.1 Å². The van der Waals surface area contributed by atoms with Crippen molar-refractivity contribution in [3.63, 3.8) is 0 Å². The number of hydrogen-bond donors (Lipinski definition) is 0. The van der Waals surface area contributed by atoms with Gasteiger partial charge in [0, 0.05) is 30.5 Å². The Bertz CT molecular complexity index is 1270. The first-order chi connectivity index (χ1) is 19.1. The Morgan fingerprint density at radius 3 is 2.31 bits per heavy atom. The zero-order valence-corrected chi connectivity index (χ0v) is 23.8. The molecule has 5 nitrogen and oxygen atoms in total. The van der Waals surface area contributed by atoms with Gasteiger partial charge in [0.25, 0.3) is 0 Å². The topological polar surface area (TPSA) is 51.7 Å². The molecule has 6 heteroatoms. The van der Waals surface area contributed by atoms with Gasteiger partial charge in [0.15, 0.2) is 5.13 Å². The summed E-state index contributed by atoms with van der Waals surface area (Å²) in [6.45, 7) is 4.60. The number of rotatable bonds is 15. The molecule has 0 aliphatic carbocycles. The van der Waals surface area contributed by atoms with Gasteiger partial charge in [0.2, 0.25) is 0 Å². The van der Waals surface area contributed by atoms with Crippen LogP contribution in [0.1, 0.15) is 55.7 Å². The Hall–Kier alpha value is -3.64. The predicted octanol–water partition coefficient (Wildman–Crippen LogP) is 8.08. The number of aryl methyl sites for hydroxylation is 1. The molecule has 4 rings (SSSR count). The number of anilines is 1. The van der Waals surface area contributed by atoms with E-state index in [-0.39, 0.29) is 5.97 Å². The lowest BCUT2D eigenvalue weighted by molar-refractivity contribution is -0.140. The summed E-state index contributed by atoms with van der Waals surface area (Å²) in [5.74, 6) is 0.624. The molecule has 0 spiro atoms. The van der Waals surface area contributed by atoms with Gasteiger partial charge in [-0.05, 0) is 41.7 Å². The molecule has 0 amide bonds. The van der Waals surface area contributed by atoms with Crippen molar-refractivity contribution in [1.82, 2.24) is 4.98 Å². The van der Waals surface area contributed by atoms with E-state index in [1.165, 1.54) is 38.4 Å². The van der Waals surface area contributed by atoms with Gasteiger partial charge in [0.1, 0.15) is 12.4 Å². The van der Waals surface area contributed by atoms with Crippen molar-refractivity contribution >= 4 is 22.4 Å². The van der Waals surface area contributed by atoms with Gasteiger partial charge < -0.3 is 14.4 Å². The van der Waals surface area contributed by atoms with Crippen LogP contribution in [0.3, 0.4) is 0 Å². The fourth-order valence-electron chi connectivity index (χ4n) is 4.35. The number of carbonyl (C=O) groups excluding carboxylic acids is 1. The lowest BCUT2D eigenvalue weighted by atomic mass is 10.1. The second-order valence-electron chi connectivity index (χ2n) is 9.69. The number of nitrogens with zero attached hydrogens (tertiary/aromatic N) is 2. The van der Waals surface area contributed by atoms with Crippen molar-refractivity contribution in [3.05, 3.63) is 101 Å². The quantitative estimate of drug-likeness (QED) is 0.112. The van der Waals surface area contributed by atoms with Crippen LogP contribution in [0.2, 0.25) is 0 Å². The highest BCUT2D eigenvalue weighted by atomic mass is 32.1. The molecule has 0 aliphatic rings. The Balaban J connectivity index is 1.34. The lowest BCUT2D eigenvalue weighted by Crippen LogP contribution is -2.23. The molecule has 0 saturated heterocycles. The van der Waals surface area contributed by atoms with Gasteiger partial charge in [0.05, 0.1) is 12.8 Å². The van der Waals surface area contributed by atoms with Crippen LogP contribution >= 0.6 is 11.3 Å². The maximum absolute atomic E-state index is 11.3. The molecule has 1 heterocycles. The zero-order valence-electron chi connectivity index (χ0n) is 23.0. The average molecular weight is 543 g/mol. The number of carbonyl (C=O) groups is 1. The van der Waals surface area contributed by atoms with Crippen molar-refractivity contribution < 1.29 is 14.3 Å². The van der Waals surface area contributed by atoms with Gasteiger partial charge in [-0.2, -0.15) is 0 Å². The molecule has 0 radical (unpaired) electrons. The van der Waals surface area contributed by atoms with Gasteiger partial charge in [-0.15, -0.1) is 11.3 Å². The van der Waals surface area contributed by atoms with Gasteiger partial charge >= 0.3 is 5.97 Å². The molecule has 0 atom stereocenters. The molecule has 39 heavy (non-hydrogen) atoms. The minimum Gasteiger partial charge on any atom is -0.489 e. The number of unbranched alkanes of at least 4 members (excludes halogenated alkanes) is 3. The van der Waals surface area contributed by atoms with E-state index in [9.17, 15) is 4.79 Å². The van der Waals surface area contributed by atoms with Crippen LogP contribution in [0.4, 0.5) is 5.13 Å². The van der Waals surface area contributed by atoms with E-state index in [2.05, 4.69) is 65.7 Å². The normalized spacial score (nSPS) is 10.8. The molecule has 0 aliphatic heterocycles. The highest BCUT2D eigenvalue weighted by Crippen LogP contribution is 2.29. The maximum Gasteiger partial charge on any atom is 0.305 e. The zero-order chi connectivity index (χ0) is 27.3. The molecule has 0 saturated carbocycles. The van der Waals surface area contributed by atoms with Crippen molar-refractivity contribution in [3.8, 4) is 17.0 Å². The number of ether oxygens (including phenoxy) is 2. The van der Waals surface area contributed by atoms with E-state index in [0.717, 1.165) is 46.4 Å². The fraction of sp³-hybridized carbons (Fsp3) is 0.333. The van der Waals surface area contributed by atoms with E-state index in [1.807, 2.05) is 30.3 Å². The molecule has 0 unspecified atom stereocenters. The largest absolute Gasteiger partial charge is 0.489 e. The predicted molar refractivity (Wildman–Crippen MR) is 160 cm³/mol. The summed E-state index contributed by atoms with van der Waals surface area (Å²) in [6, 6.07) is 27.0. The summed E-state index contributed by atoms with van der Waals surface area (Å²) in [6.07, 6.45) is 5.97. The summed E-state index contributed by atoms with van der Waals surface area (Å²) in [4.78, 5) is 18.7. The van der Waals surface area contributed by atoms with Crippen LogP contribution in [0.15, 0.2) is 84.2 Å². The Labute approximate surface area is 236 Å². The van der Waals surface area contributed by atoms with Crippen LogP contribution < -0.4 is 9.64 Å². The molecule has 4 aromatic rings. The molecule has 3 aromatic carbocycles. The summed E-state index contributed by atoms with van der Waals surface area (Å²) in [5, 5.41) is 3.24. The number of methoxy groups -OCH3 is 1. The van der Waals surface area contributed by atoms with E-state index in [0.29, 0.717) is 19.4 Å². The van der Waals surface area contributed by atoms with Crippen molar-refractivity contribution in [2.24, 2.45) is 0 Å². The molecule has 1 aromatic heterocycles. The molecule has 0 fully saturated rings. The number of aromatic nitrogens is 1. The standard InChI is InChI=1S/C33H38N2O3S/c1-3-4-5-9-22-35(33-34-31(25-39-33)29-10-7-6-8-11-29)23-27-12-14-28(15-13-27)24-38-30-19-16-26(17-20-30)18-21-32(36)37-2/h6-8,10-17,19-20,25H,3-5,9,18,21-24H2,1-2H3. The van der Waals surface area contributed by atoms with E-state index >= 15 is 0 Å². The van der Waals surface area contributed by atoms with Crippen LogP contribution in [0, 0.1) is 0 Å². The first kappa shape index (κ1) is 28.4. The number of benzene rings is 3. The van der Waals surface area contributed by atoms with Gasteiger partial charge in [-0.1, -0.05) is 92.9 Å². The fourth-order valence-corrected chi connectivity index (χ4v) is 5.21. The summed E-state index contributed by atoms with van der Waals surface area (Å²) >= 11 is 1.72. The lowest BCUT2D eigenvalue weighted by Gasteiger charge is -2.22. The van der Waals surface area contributed by atoms with Crippen molar-refractivity contribution in [2.75, 3.05) is 18.6 Å². The van der Waals surface area contributed by atoms with E-state index < -0.39 is 0 Å². The summed E-state index contributed by atoms with van der Waals surface area (Å²) < 4.78 is 10.7. The molecule has 204 valence electrons. The van der Waals surface area contributed by atoms with E-state index in [1.54, 1.807) is 11.3 Å². The van der Waals surface area contributed by atoms with Crippen LogP contribution in [-0.4, -0.2) is 24.6 Å². The second-order valence-corrected chi connectivity index (χ2v) is 10.5. The van der Waals surface area contributed by atoms with Crippen LogP contribution in [0.5, 0.6) is 5.75 Å². The minimum absolute atomic E-state index is 0.193. The third-order valence-corrected chi connectivity index (χ3v) is 7.59. The average Bonchev–Trinajstić information content (AvgIpc) is 3.48. The number of esters is 1. The molecular formula is C33H38N2O3S. The molecular weight excluding hydrogens is 504 g/mol. The number of hydrogen-bond acceptors (Lipinski definition) is 6. The smallest absolute Gasteiger partial charge is 0.305 e. The van der Waals surface area contributed by atoms with Crippen molar-refractivity contribution in [1.29, 1.82) is 0 Å². The Kier molecular flexibility index (Phi) is 11.0. The summed E-state index contributed by atoms with van der Waals surface area (Å²) in [7, 11) is 1.42. The number of thiazole rings is 1. The Morgan fingerprint density at radius 1 is 0.872 bits per heavy atom. The molecule has 0 N–H and O–H groups in total. The highest BCUT2D eigenvalue weighted by Gasteiger charge is 2.13. The molecule has 0 bridgehead atoms. The van der Waals surface area contributed by atoms with Gasteiger partial charge in [-0.3, -0.25) is 4.79 Å². The van der Waals surface area contributed by atoms with E-state index in [4.69, 9.17) is 14.5 Å². The third kappa shape index (κ3) is 8.96. The first-order valence-electron chi connectivity index (χ1n) is 13.8. The maximum atomic E-state index is 11.3. The highest BCUT2D eigenvalue weighted by molar-refractivity contribution is 7.14. The minimum atomic E-state index is -0.193. The van der Waals surface area contributed by atoms with Crippen LogP contribution in [0.25, 0.3) is 11.3 Å². The first-order valence-corrected chi connectivity index (χ1v) is 14.6. The third-order valence-electron chi connectivity index (χ3n) is 6.68. The van der Waals surface area contributed by atoms with Crippen molar-refractivity contribution in [2.45, 2.75) is 58.6 Å². The monoisotopic (exact) mass is 542 g/mol. The Morgan fingerprint density at radius 2 is 1.59 bits per heavy atom. The second kappa shape index (κ2) is 15.1. The SMILES string of the molecule is CCCCCCN(Cc1ccc(COc2ccc(CCC(=O)OC)cc2)cc1)c1nc(-c2ccccc2)cs1.